The van der Waals surface area contributed by atoms with E-state index in [2.05, 4.69) is 0 Å². The van der Waals surface area contributed by atoms with Gasteiger partial charge in [-0.05, 0) is 0 Å². The fourth-order valence-electron chi connectivity index (χ4n) is 0. The second-order valence-corrected chi connectivity index (χ2v) is 0. The molecule has 0 heterocycles. The molecule has 0 aliphatic rings. The van der Waals surface area contributed by atoms with E-state index >= 15 is 0 Å². The first kappa shape index (κ1) is 41.4. The smallest absolute Gasteiger partial charge is 0 e. The van der Waals surface area contributed by atoms with Gasteiger partial charge in [0.05, 0.1) is 0 Å². The van der Waals surface area contributed by atoms with E-state index < -0.39 is 0 Å². The Morgan fingerprint density at radius 2 is 0.500 bits per heavy atom. The molecule has 4 heteroatoms. The normalized spacial score (nSPS) is 0. The number of halogens is 3. The van der Waals surface area contributed by atoms with Crippen LogP contribution in [0.5, 0.6) is 0 Å². The van der Waals surface area contributed by atoms with Crippen molar-refractivity contribution in [3.05, 3.63) is 0 Å². The molecule has 0 aliphatic heterocycles. The van der Waals surface area contributed by atoms with Crippen molar-refractivity contribution in [3.8, 4) is 0 Å². The van der Waals surface area contributed by atoms with Crippen LogP contribution in [-0.4, -0.2) is 0 Å². The minimum Gasteiger partial charge on any atom is -1.00 e. The standard InChI is InChI=1S/Cd.3ClH/h;3*1H/p-3. The molecule has 0 fully saturated rings. The van der Waals surface area contributed by atoms with Gasteiger partial charge in [-0.2, -0.15) is 0 Å². The Hall–Kier alpha value is 1.79. The van der Waals surface area contributed by atoms with E-state index in [9.17, 15) is 0 Å². The predicted octanol–water partition coefficient (Wildman–Crippen LogP) is -8.99. The van der Waals surface area contributed by atoms with Gasteiger partial charge in [-0.3, -0.25) is 0 Å². The summed E-state index contributed by atoms with van der Waals surface area (Å²) in [5.74, 6) is 0. The molecule has 0 nitrogen and oxygen atoms in total. The van der Waals surface area contributed by atoms with Crippen LogP contribution in [-0.2, 0) is 27.3 Å². The van der Waals surface area contributed by atoms with Gasteiger partial charge in [0.1, 0.15) is 0 Å². The quantitative estimate of drug-likeness (QED) is 0.355. The second-order valence-electron chi connectivity index (χ2n) is 0. The van der Waals surface area contributed by atoms with Crippen molar-refractivity contribution in [1.82, 2.24) is 0 Å². The van der Waals surface area contributed by atoms with E-state index in [4.69, 9.17) is 0 Å². The molecule has 0 saturated carbocycles. The first-order chi connectivity index (χ1) is 0. The summed E-state index contributed by atoms with van der Waals surface area (Å²) in [5, 5.41) is 0. The van der Waals surface area contributed by atoms with Gasteiger partial charge in [-0.15, -0.1) is 0 Å². The molecule has 0 radical (unpaired) electrons. The second kappa shape index (κ2) is 21.5. The van der Waals surface area contributed by atoms with Crippen molar-refractivity contribution in [2.75, 3.05) is 0 Å². The molecule has 0 atom stereocenters. The van der Waals surface area contributed by atoms with E-state index in [0.29, 0.717) is 0 Å². The molecule has 0 spiro atoms. The fourth-order valence-corrected chi connectivity index (χ4v) is 0. The third-order valence-corrected chi connectivity index (χ3v) is 0. The molecule has 4 heavy (non-hydrogen) atoms. The van der Waals surface area contributed by atoms with E-state index in [1.54, 1.807) is 0 Å². The van der Waals surface area contributed by atoms with E-state index in [-0.39, 0.29) is 64.5 Å². The molecule has 0 aromatic carbocycles. The Morgan fingerprint density at radius 3 is 0.500 bits per heavy atom. The molecule has 0 bridgehead atoms. The summed E-state index contributed by atoms with van der Waals surface area (Å²) in [4.78, 5) is 0. The topological polar surface area (TPSA) is 0 Å². The van der Waals surface area contributed by atoms with E-state index in [0.717, 1.165) is 0 Å². The Kier molecular flexibility index (Phi) is 222. The Labute approximate surface area is 64.1 Å². The van der Waals surface area contributed by atoms with Crippen LogP contribution in [0.25, 0.3) is 0 Å². The van der Waals surface area contributed by atoms with Crippen molar-refractivity contribution in [2.45, 2.75) is 0 Å². The van der Waals surface area contributed by atoms with Crippen LogP contribution in [0, 0.1) is 0 Å². The molecule has 0 aromatic heterocycles. The van der Waals surface area contributed by atoms with Gasteiger partial charge in [-0.1, -0.05) is 0 Å². The van der Waals surface area contributed by atoms with Crippen LogP contribution >= 0.6 is 0 Å². The average Bonchev–Trinajstić information content (AvgIpc) is 0. The molecule has 0 unspecified atom stereocenters. The van der Waals surface area contributed by atoms with Gasteiger partial charge < -0.3 is 37.2 Å². The number of hydrogen-bond donors (Lipinski definition) is 0. The number of hydrogen-bond acceptors (Lipinski definition) is 0. The van der Waals surface area contributed by atoms with Crippen LogP contribution in [0.3, 0.4) is 0 Å². The minimum absolute atomic E-state index is 0. The third kappa shape index (κ3) is 9.20. The van der Waals surface area contributed by atoms with Gasteiger partial charge in [0.15, 0.2) is 0 Å². The van der Waals surface area contributed by atoms with Gasteiger partial charge in [-0.25, -0.2) is 0 Å². The summed E-state index contributed by atoms with van der Waals surface area (Å²) < 4.78 is 0. The van der Waals surface area contributed by atoms with Gasteiger partial charge in [0.2, 0.25) is 0 Å². The van der Waals surface area contributed by atoms with Gasteiger partial charge >= 0.3 is 0 Å². The molecular formula is CdCl3-3. The Morgan fingerprint density at radius 1 is 0.500 bits per heavy atom. The van der Waals surface area contributed by atoms with Crippen LogP contribution in [0.1, 0.15) is 0 Å². The summed E-state index contributed by atoms with van der Waals surface area (Å²) in [7, 11) is 0. The number of rotatable bonds is 0. The molecule has 26 valence electrons. The summed E-state index contributed by atoms with van der Waals surface area (Å²) in [6.07, 6.45) is 0. The van der Waals surface area contributed by atoms with E-state index in [1.165, 1.54) is 0 Å². The largest absolute Gasteiger partial charge is 1.00 e. The molecular weight excluding hydrogens is 219 g/mol. The van der Waals surface area contributed by atoms with Crippen LogP contribution in [0.15, 0.2) is 0 Å². The SMILES string of the molecule is [Cd].[Cl-].[Cl-].[Cl-]. The fraction of sp³-hybridized carbons (Fsp3) is 0. The predicted molar refractivity (Wildman–Crippen MR) is 0 cm³/mol. The molecule has 0 amide bonds. The average molecular weight is 219 g/mol. The van der Waals surface area contributed by atoms with Crippen molar-refractivity contribution in [1.29, 1.82) is 0 Å². The van der Waals surface area contributed by atoms with Gasteiger partial charge in [0, 0.05) is 27.3 Å². The van der Waals surface area contributed by atoms with Crippen molar-refractivity contribution in [2.24, 2.45) is 0 Å². The van der Waals surface area contributed by atoms with Crippen LogP contribution in [0.2, 0.25) is 0 Å². The zero-order chi connectivity index (χ0) is 0. The molecule has 0 N–H and O–H groups in total. The first-order valence-electron chi connectivity index (χ1n) is 0. The minimum atomic E-state index is 0. The summed E-state index contributed by atoms with van der Waals surface area (Å²) in [6, 6.07) is 0. The van der Waals surface area contributed by atoms with Crippen molar-refractivity contribution >= 4 is 0 Å². The molecule has 0 aliphatic carbocycles. The summed E-state index contributed by atoms with van der Waals surface area (Å²) >= 11 is 0. The zero-order valence-electron chi connectivity index (χ0n) is 1.84. The van der Waals surface area contributed by atoms with Crippen molar-refractivity contribution in [3.63, 3.8) is 0 Å². The van der Waals surface area contributed by atoms with Crippen molar-refractivity contribution < 1.29 is 64.5 Å². The maximum absolute atomic E-state index is 0. The molecule has 0 aromatic rings. The summed E-state index contributed by atoms with van der Waals surface area (Å²) in [6.45, 7) is 0. The maximum Gasteiger partial charge on any atom is 0 e. The van der Waals surface area contributed by atoms with Gasteiger partial charge in [0.25, 0.3) is 0 Å². The first-order valence-corrected chi connectivity index (χ1v) is 0. The zero-order valence-corrected chi connectivity index (χ0v) is 8.15. The Bertz CT molecular complexity index is 3.25. The van der Waals surface area contributed by atoms with Crippen LogP contribution in [0.4, 0.5) is 0 Å². The Balaban J connectivity index is 0. The van der Waals surface area contributed by atoms with E-state index in [1.807, 2.05) is 0 Å². The monoisotopic (exact) mass is 219 g/mol. The molecule has 0 saturated heterocycles. The van der Waals surface area contributed by atoms with Crippen LogP contribution < -0.4 is 37.2 Å². The maximum atomic E-state index is 0. The third-order valence-electron chi connectivity index (χ3n) is 0. The molecule has 0 rings (SSSR count). The summed E-state index contributed by atoms with van der Waals surface area (Å²) in [5.41, 5.74) is 0.